The molecule has 134 valence electrons. The number of hydrogen-bond donors (Lipinski definition) is 1. The molecule has 1 fully saturated rings. The Hall–Kier alpha value is -1.14. The lowest BCUT2D eigenvalue weighted by atomic mass is 9.99. The summed E-state index contributed by atoms with van der Waals surface area (Å²) in [4.78, 5) is 20.6. The van der Waals surface area contributed by atoms with E-state index in [0.717, 1.165) is 31.2 Å². The SMILES string of the molecule is Cc1nc(NC(=O)c2ccc(Cl)cc2Cl)sc1CN1CCC(C)CC1. The Kier molecular flexibility index (Phi) is 6.00. The van der Waals surface area contributed by atoms with E-state index in [1.54, 1.807) is 18.2 Å². The van der Waals surface area contributed by atoms with Crippen LogP contribution in [0.1, 0.15) is 40.7 Å². The number of carbonyl (C=O) groups is 1. The fourth-order valence-corrected chi connectivity index (χ4v) is 4.38. The Bertz CT molecular complexity index is 770. The lowest BCUT2D eigenvalue weighted by Gasteiger charge is -2.29. The van der Waals surface area contributed by atoms with Crippen LogP contribution in [0, 0.1) is 12.8 Å². The van der Waals surface area contributed by atoms with Gasteiger partial charge in [0.05, 0.1) is 16.3 Å². The quantitative estimate of drug-likeness (QED) is 0.766. The van der Waals surface area contributed by atoms with Crippen molar-refractivity contribution in [2.24, 2.45) is 5.92 Å². The number of halogens is 2. The lowest BCUT2D eigenvalue weighted by molar-refractivity contribution is 0.102. The summed E-state index contributed by atoms with van der Waals surface area (Å²) in [6, 6.07) is 4.84. The number of thiazole rings is 1. The van der Waals surface area contributed by atoms with E-state index in [0.29, 0.717) is 20.7 Å². The van der Waals surface area contributed by atoms with Crippen molar-refractivity contribution in [3.8, 4) is 0 Å². The fourth-order valence-electron chi connectivity index (χ4n) is 2.89. The molecule has 1 aromatic heterocycles. The molecule has 0 unspecified atom stereocenters. The molecule has 1 saturated heterocycles. The van der Waals surface area contributed by atoms with E-state index in [-0.39, 0.29) is 5.91 Å². The summed E-state index contributed by atoms with van der Waals surface area (Å²) in [5.41, 5.74) is 1.37. The van der Waals surface area contributed by atoms with Crippen molar-refractivity contribution in [2.45, 2.75) is 33.2 Å². The van der Waals surface area contributed by atoms with Gasteiger partial charge in [-0.1, -0.05) is 30.1 Å². The van der Waals surface area contributed by atoms with E-state index in [1.807, 2.05) is 6.92 Å². The topological polar surface area (TPSA) is 45.2 Å². The molecule has 1 N–H and O–H groups in total. The Balaban J connectivity index is 1.66. The zero-order valence-electron chi connectivity index (χ0n) is 14.3. The van der Waals surface area contributed by atoms with Crippen LogP contribution >= 0.6 is 34.5 Å². The van der Waals surface area contributed by atoms with Crippen LogP contribution in [0.2, 0.25) is 10.0 Å². The van der Waals surface area contributed by atoms with Crippen LogP contribution in [0.4, 0.5) is 5.13 Å². The number of benzene rings is 1. The maximum Gasteiger partial charge on any atom is 0.258 e. The number of nitrogens with one attached hydrogen (secondary N) is 1. The number of nitrogens with zero attached hydrogens (tertiary/aromatic N) is 2. The molecule has 1 aliphatic rings. The summed E-state index contributed by atoms with van der Waals surface area (Å²) in [6.07, 6.45) is 2.49. The Morgan fingerprint density at radius 2 is 2.08 bits per heavy atom. The van der Waals surface area contributed by atoms with Crippen molar-refractivity contribution in [1.82, 2.24) is 9.88 Å². The number of carbonyl (C=O) groups excluding carboxylic acids is 1. The number of rotatable bonds is 4. The van der Waals surface area contributed by atoms with E-state index >= 15 is 0 Å². The van der Waals surface area contributed by atoms with Gasteiger partial charge in [0, 0.05) is 16.4 Å². The van der Waals surface area contributed by atoms with Crippen molar-refractivity contribution in [3.63, 3.8) is 0 Å². The summed E-state index contributed by atoms with van der Waals surface area (Å²) < 4.78 is 0. The monoisotopic (exact) mass is 397 g/mol. The van der Waals surface area contributed by atoms with E-state index in [4.69, 9.17) is 23.2 Å². The summed E-state index contributed by atoms with van der Waals surface area (Å²) in [5, 5.41) is 4.29. The smallest absolute Gasteiger partial charge is 0.258 e. The Morgan fingerprint density at radius 3 is 2.76 bits per heavy atom. The molecule has 0 saturated carbocycles. The minimum absolute atomic E-state index is 0.270. The molecular formula is C18H21Cl2N3OS. The van der Waals surface area contributed by atoms with Crippen molar-refractivity contribution in [1.29, 1.82) is 0 Å². The number of piperidine rings is 1. The molecule has 2 aromatic rings. The molecule has 1 amide bonds. The highest BCUT2D eigenvalue weighted by Crippen LogP contribution is 2.28. The molecule has 25 heavy (non-hydrogen) atoms. The van der Waals surface area contributed by atoms with E-state index < -0.39 is 0 Å². The fraction of sp³-hybridized carbons (Fsp3) is 0.444. The van der Waals surface area contributed by atoms with Crippen LogP contribution in [-0.4, -0.2) is 28.9 Å². The normalized spacial score (nSPS) is 16.2. The standard InChI is InChI=1S/C18H21Cl2N3OS/c1-11-5-7-23(8-6-11)10-16-12(2)21-18(25-16)22-17(24)14-4-3-13(19)9-15(14)20/h3-4,9,11H,5-8,10H2,1-2H3,(H,21,22,24). The molecular weight excluding hydrogens is 377 g/mol. The largest absolute Gasteiger partial charge is 0.298 e. The molecule has 1 aromatic carbocycles. The highest BCUT2D eigenvalue weighted by Gasteiger charge is 2.19. The van der Waals surface area contributed by atoms with Gasteiger partial charge in [0.15, 0.2) is 5.13 Å². The molecule has 0 radical (unpaired) electrons. The first kappa shape index (κ1) is 18.6. The van der Waals surface area contributed by atoms with Crippen molar-refractivity contribution >= 4 is 45.6 Å². The van der Waals surface area contributed by atoms with Gasteiger partial charge < -0.3 is 0 Å². The number of hydrogen-bond acceptors (Lipinski definition) is 4. The van der Waals surface area contributed by atoms with Crippen LogP contribution < -0.4 is 5.32 Å². The number of amides is 1. The molecule has 0 spiro atoms. The van der Waals surface area contributed by atoms with Gasteiger partial charge in [-0.05, 0) is 57.0 Å². The van der Waals surface area contributed by atoms with E-state index in [2.05, 4.69) is 22.1 Å². The third-order valence-electron chi connectivity index (χ3n) is 4.53. The van der Waals surface area contributed by atoms with Crippen LogP contribution in [0.3, 0.4) is 0 Å². The second-order valence-corrected chi connectivity index (χ2v) is 8.49. The van der Waals surface area contributed by atoms with Crippen molar-refractivity contribution in [3.05, 3.63) is 44.4 Å². The van der Waals surface area contributed by atoms with Crippen LogP contribution in [0.15, 0.2) is 18.2 Å². The number of likely N-dealkylation sites (tertiary alicyclic amines) is 1. The van der Waals surface area contributed by atoms with E-state index in [9.17, 15) is 4.79 Å². The minimum Gasteiger partial charge on any atom is -0.298 e. The van der Waals surface area contributed by atoms with Gasteiger partial charge in [-0.25, -0.2) is 4.98 Å². The Morgan fingerprint density at radius 1 is 1.36 bits per heavy atom. The van der Waals surface area contributed by atoms with Gasteiger partial charge in [0.2, 0.25) is 0 Å². The predicted octanol–water partition coefficient (Wildman–Crippen LogP) is 5.24. The highest BCUT2D eigenvalue weighted by molar-refractivity contribution is 7.15. The molecule has 2 heterocycles. The second-order valence-electron chi connectivity index (χ2n) is 6.56. The summed E-state index contributed by atoms with van der Waals surface area (Å²) in [5.74, 6) is 0.548. The van der Waals surface area contributed by atoms with Crippen LogP contribution in [0.25, 0.3) is 0 Å². The third kappa shape index (κ3) is 4.73. The highest BCUT2D eigenvalue weighted by atomic mass is 35.5. The zero-order chi connectivity index (χ0) is 18.0. The number of aryl methyl sites for hydroxylation is 1. The summed E-state index contributed by atoms with van der Waals surface area (Å²) in [6.45, 7) is 7.45. The van der Waals surface area contributed by atoms with Crippen LogP contribution in [0.5, 0.6) is 0 Å². The molecule has 7 heteroatoms. The molecule has 0 aliphatic carbocycles. The molecule has 4 nitrogen and oxygen atoms in total. The van der Waals surface area contributed by atoms with E-state index in [1.165, 1.54) is 29.1 Å². The van der Waals surface area contributed by atoms with Crippen LogP contribution in [-0.2, 0) is 6.54 Å². The lowest BCUT2D eigenvalue weighted by Crippen LogP contribution is -2.32. The van der Waals surface area contributed by atoms with Gasteiger partial charge in [0.1, 0.15) is 0 Å². The number of anilines is 1. The maximum absolute atomic E-state index is 12.4. The Labute approximate surface area is 162 Å². The van der Waals surface area contributed by atoms with Gasteiger partial charge in [-0.2, -0.15) is 0 Å². The van der Waals surface area contributed by atoms with Crippen molar-refractivity contribution in [2.75, 3.05) is 18.4 Å². The van der Waals surface area contributed by atoms with Gasteiger partial charge >= 0.3 is 0 Å². The second kappa shape index (κ2) is 8.04. The number of aromatic nitrogens is 1. The summed E-state index contributed by atoms with van der Waals surface area (Å²) in [7, 11) is 0. The zero-order valence-corrected chi connectivity index (χ0v) is 16.6. The van der Waals surface area contributed by atoms with Gasteiger partial charge in [-0.15, -0.1) is 11.3 Å². The molecule has 3 rings (SSSR count). The van der Waals surface area contributed by atoms with Crippen molar-refractivity contribution < 1.29 is 4.79 Å². The molecule has 0 atom stereocenters. The molecule has 1 aliphatic heterocycles. The first-order valence-corrected chi connectivity index (χ1v) is 9.94. The van der Waals surface area contributed by atoms with Gasteiger partial charge in [-0.3, -0.25) is 15.0 Å². The average Bonchev–Trinajstić information content (AvgIpc) is 2.88. The first-order valence-electron chi connectivity index (χ1n) is 8.37. The first-order chi connectivity index (χ1) is 11.9. The molecule has 0 bridgehead atoms. The summed E-state index contributed by atoms with van der Waals surface area (Å²) >= 11 is 13.5. The average molecular weight is 398 g/mol. The minimum atomic E-state index is -0.270. The predicted molar refractivity (Wildman–Crippen MR) is 105 cm³/mol. The maximum atomic E-state index is 12.4. The third-order valence-corrected chi connectivity index (χ3v) is 6.14. The van der Waals surface area contributed by atoms with Gasteiger partial charge in [0.25, 0.3) is 5.91 Å².